The zero-order valence-electron chi connectivity index (χ0n) is 14.9. The Kier molecular flexibility index (Phi) is 5.74. The van der Waals surface area contributed by atoms with Crippen molar-refractivity contribution < 1.29 is 8.42 Å². The Balaban J connectivity index is 1.92. The zero-order valence-corrected chi connectivity index (χ0v) is 16.6. The van der Waals surface area contributed by atoms with Crippen molar-refractivity contribution >= 4 is 27.0 Å². The summed E-state index contributed by atoms with van der Waals surface area (Å²) >= 11 is 1.77. The fraction of sp³-hybridized carbons (Fsp3) is 0.250. The van der Waals surface area contributed by atoms with Gasteiger partial charge in [-0.15, -0.1) is 11.3 Å². The number of thiophene rings is 1. The van der Waals surface area contributed by atoms with Crippen LogP contribution in [0.2, 0.25) is 0 Å². The van der Waals surface area contributed by atoms with E-state index in [1.54, 1.807) is 30.7 Å². The molecular weight excluding hydrogens is 364 g/mol. The van der Waals surface area contributed by atoms with E-state index in [4.69, 9.17) is 0 Å². The maximum absolute atomic E-state index is 12.7. The van der Waals surface area contributed by atoms with Gasteiger partial charge in [-0.2, -0.15) is 0 Å². The van der Waals surface area contributed by atoms with Gasteiger partial charge in [-0.1, -0.05) is 18.2 Å². The Bertz CT molecular complexity index is 966. The molecule has 2 heterocycles. The minimum absolute atomic E-state index is 0.0572. The fourth-order valence-corrected chi connectivity index (χ4v) is 4.78. The van der Waals surface area contributed by atoms with Crippen LogP contribution < -0.4 is 4.31 Å². The Morgan fingerprint density at radius 2 is 1.88 bits per heavy atom. The molecule has 0 aliphatic heterocycles. The average Bonchev–Trinajstić information content (AvgIpc) is 3.05. The summed E-state index contributed by atoms with van der Waals surface area (Å²) in [5.41, 5.74) is 2.66. The SMILES string of the molecule is CCS(=O)(=O)N(Cc1cccnc1)c1cccc(Cc2ccc(C)s2)c1. The lowest BCUT2D eigenvalue weighted by Gasteiger charge is -2.24. The molecule has 0 bridgehead atoms. The summed E-state index contributed by atoms with van der Waals surface area (Å²) in [5.74, 6) is 0.0572. The van der Waals surface area contributed by atoms with E-state index in [0.717, 1.165) is 17.5 Å². The Hall–Kier alpha value is -2.18. The first-order valence-electron chi connectivity index (χ1n) is 8.51. The van der Waals surface area contributed by atoms with Crippen LogP contribution in [0.1, 0.15) is 27.8 Å². The second-order valence-electron chi connectivity index (χ2n) is 6.13. The maximum atomic E-state index is 12.7. The number of anilines is 1. The summed E-state index contributed by atoms with van der Waals surface area (Å²) in [7, 11) is -3.39. The van der Waals surface area contributed by atoms with Crippen molar-refractivity contribution in [2.75, 3.05) is 10.1 Å². The van der Waals surface area contributed by atoms with Crippen molar-refractivity contribution in [3.8, 4) is 0 Å². The molecule has 0 aliphatic rings. The lowest BCUT2D eigenvalue weighted by molar-refractivity contribution is 0.591. The molecule has 0 radical (unpaired) electrons. The zero-order chi connectivity index (χ0) is 18.6. The summed E-state index contributed by atoms with van der Waals surface area (Å²) in [4.78, 5) is 6.65. The van der Waals surface area contributed by atoms with Gasteiger partial charge >= 0.3 is 0 Å². The molecule has 3 rings (SSSR count). The number of hydrogen-bond donors (Lipinski definition) is 0. The van der Waals surface area contributed by atoms with Crippen LogP contribution in [0, 0.1) is 6.92 Å². The van der Waals surface area contributed by atoms with Crippen LogP contribution in [0.25, 0.3) is 0 Å². The topological polar surface area (TPSA) is 50.3 Å². The van der Waals surface area contributed by atoms with Gasteiger partial charge in [0, 0.05) is 28.6 Å². The van der Waals surface area contributed by atoms with Crippen LogP contribution in [0.3, 0.4) is 0 Å². The standard InChI is InChI=1S/C20H22N2O2S2/c1-3-26(23,24)22(15-18-7-5-11-21-14-18)19-8-4-6-17(12-19)13-20-10-9-16(2)25-20/h4-12,14H,3,13,15H2,1-2H3. The van der Waals surface area contributed by atoms with Gasteiger partial charge < -0.3 is 0 Å². The molecule has 0 amide bonds. The van der Waals surface area contributed by atoms with Crippen molar-refractivity contribution in [3.63, 3.8) is 0 Å². The van der Waals surface area contributed by atoms with Gasteiger partial charge in [-0.25, -0.2) is 8.42 Å². The molecule has 0 aliphatic carbocycles. The number of hydrogen-bond acceptors (Lipinski definition) is 4. The summed E-state index contributed by atoms with van der Waals surface area (Å²) in [6.45, 7) is 4.05. The van der Waals surface area contributed by atoms with Crippen molar-refractivity contribution in [1.82, 2.24) is 4.98 Å². The number of sulfonamides is 1. The van der Waals surface area contributed by atoms with Crippen LogP contribution in [0.4, 0.5) is 5.69 Å². The van der Waals surface area contributed by atoms with Crippen LogP contribution >= 0.6 is 11.3 Å². The van der Waals surface area contributed by atoms with Crippen LogP contribution in [-0.2, 0) is 23.0 Å². The third-order valence-corrected chi connectivity index (χ3v) is 6.86. The van der Waals surface area contributed by atoms with E-state index in [0.29, 0.717) is 5.69 Å². The summed E-state index contributed by atoms with van der Waals surface area (Å²) in [6, 6.07) is 15.7. The molecule has 0 saturated heterocycles. The highest BCUT2D eigenvalue weighted by Crippen LogP contribution is 2.25. The maximum Gasteiger partial charge on any atom is 0.235 e. The van der Waals surface area contributed by atoms with Crippen molar-refractivity contribution in [2.24, 2.45) is 0 Å². The molecular formula is C20H22N2O2S2. The predicted molar refractivity (Wildman–Crippen MR) is 108 cm³/mol. The Labute approximate surface area is 159 Å². The van der Waals surface area contributed by atoms with E-state index in [2.05, 4.69) is 24.0 Å². The van der Waals surface area contributed by atoms with E-state index in [1.807, 2.05) is 36.4 Å². The average molecular weight is 387 g/mol. The first kappa shape index (κ1) is 18.6. The van der Waals surface area contributed by atoms with Crippen molar-refractivity contribution in [3.05, 3.63) is 81.8 Å². The Morgan fingerprint density at radius 1 is 1.08 bits per heavy atom. The fourth-order valence-electron chi connectivity index (χ4n) is 2.77. The predicted octanol–water partition coefficient (Wildman–Crippen LogP) is 4.40. The van der Waals surface area contributed by atoms with Crippen molar-refractivity contribution in [1.29, 1.82) is 0 Å². The number of nitrogens with zero attached hydrogens (tertiary/aromatic N) is 2. The van der Waals surface area contributed by atoms with Gasteiger partial charge in [0.2, 0.25) is 10.0 Å². The summed E-state index contributed by atoms with van der Waals surface area (Å²) in [6.07, 6.45) is 4.20. The third-order valence-electron chi connectivity index (χ3n) is 4.12. The monoisotopic (exact) mass is 386 g/mol. The molecule has 6 heteroatoms. The molecule has 4 nitrogen and oxygen atoms in total. The highest BCUT2D eigenvalue weighted by molar-refractivity contribution is 7.92. The number of pyridine rings is 1. The molecule has 3 aromatic rings. The third kappa shape index (κ3) is 4.51. The molecule has 2 aromatic heterocycles. The Morgan fingerprint density at radius 3 is 2.54 bits per heavy atom. The van der Waals surface area contributed by atoms with E-state index in [1.165, 1.54) is 14.1 Å². The number of aromatic nitrogens is 1. The van der Waals surface area contributed by atoms with E-state index in [-0.39, 0.29) is 12.3 Å². The summed E-state index contributed by atoms with van der Waals surface area (Å²) < 4.78 is 26.8. The number of aryl methyl sites for hydroxylation is 1. The molecule has 0 saturated carbocycles. The number of rotatable bonds is 7. The lowest BCUT2D eigenvalue weighted by Crippen LogP contribution is -2.32. The molecule has 0 unspecified atom stereocenters. The molecule has 136 valence electrons. The van der Waals surface area contributed by atoms with E-state index < -0.39 is 10.0 Å². The minimum Gasteiger partial charge on any atom is -0.266 e. The number of benzene rings is 1. The quantitative estimate of drug-likeness (QED) is 0.605. The largest absolute Gasteiger partial charge is 0.266 e. The van der Waals surface area contributed by atoms with Crippen molar-refractivity contribution in [2.45, 2.75) is 26.8 Å². The first-order chi connectivity index (χ1) is 12.5. The molecule has 0 spiro atoms. The molecule has 0 N–H and O–H groups in total. The normalized spacial score (nSPS) is 11.5. The van der Waals surface area contributed by atoms with Crippen LogP contribution in [0.5, 0.6) is 0 Å². The second kappa shape index (κ2) is 8.01. The molecule has 0 fully saturated rings. The van der Waals surface area contributed by atoms with Crippen LogP contribution in [0.15, 0.2) is 60.9 Å². The summed E-state index contributed by atoms with van der Waals surface area (Å²) in [5, 5.41) is 0. The van der Waals surface area contributed by atoms with Gasteiger partial charge in [0.15, 0.2) is 0 Å². The highest BCUT2D eigenvalue weighted by atomic mass is 32.2. The van der Waals surface area contributed by atoms with Gasteiger partial charge in [-0.3, -0.25) is 9.29 Å². The second-order valence-corrected chi connectivity index (χ2v) is 9.68. The first-order valence-corrected chi connectivity index (χ1v) is 10.9. The highest BCUT2D eigenvalue weighted by Gasteiger charge is 2.21. The van der Waals surface area contributed by atoms with E-state index >= 15 is 0 Å². The minimum atomic E-state index is -3.39. The smallest absolute Gasteiger partial charge is 0.235 e. The molecule has 1 aromatic carbocycles. The van der Waals surface area contributed by atoms with Gasteiger partial charge in [0.1, 0.15) is 0 Å². The van der Waals surface area contributed by atoms with Gasteiger partial charge in [-0.05, 0) is 55.3 Å². The van der Waals surface area contributed by atoms with E-state index in [9.17, 15) is 8.42 Å². The van der Waals surface area contributed by atoms with Crippen LogP contribution in [-0.4, -0.2) is 19.2 Å². The molecule has 0 atom stereocenters. The van der Waals surface area contributed by atoms with Gasteiger partial charge in [0.05, 0.1) is 18.0 Å². The lowest BCUT2D eigenvalue weighted by atomic mass is 10.1. The van der Waals surface area contributed by atoms with Gasteiger partial charge in [0.25, 0.3) is 0 Å². The molecule has 26 heavy (non-hydrogen) atoms.